The molecule has 0 saturated heterocycles. The quantitative estimate of drug-likeness (QED) is 0.468. The van der Waals surface area contributed by atoms with E-state index in [9.17, 15) is 9.67 Å². The predicted octanol–water partition coefficient (Wildman–Crippen LogP) is 5.95. The van der Waals surface area contributed by atoms with E-state index in [1.165, 1.54) is 62.4 Å². The second kappa shape index (κ2) is 9.92. The van der Waals surface area contributed by atoms with Gasteiger partial charge in [-0.2, -0.15) is 0 Å². The van der Waals surface area contributed by atoms with Crippen LogP contribution < -0.4 is 0 Å². The third-order valence-corrected chi connectivity index (χ3v) is 5.68. The fraction of sp³-hybridized carbons (Fsp3) is 0.368. The molecule has 0 aromatic heterocycles. The molecule has 0 amide bonds. The van der Waals surface area contributed by atoms with Crippen LogP contribution in [0.2, 0.25) is 5.02 Å². The first-order valence-electron chi connectivity index (χ1n) is 8.67. The van der Waals surface area contributed by atoms with Gasteiger partial charge in [-0.3, -0.25) is 13.6 Å². The molecular formula is C19H22ClF2O5P. The SMILES string of the molecule is CCOP(=O)(OCC)O[C@H](c1ccccc1)C(F)(F)[C@H](O)c1ccc(Cl)cc1. The average molecular weight is 435 g/mol. The van der Waals surface area contributed by atoms with E-state index < -0.39 is 26.0 Å². The number of rotatable bonds is 10. The normalized spacial score (nSPS) is 14.6. The van der Waals surface area contributed by atoms with Gasteiger partial charge in [0.25, 0.3) is 0 Å². The first-order valence-corrected chi connectivity index (χ1v) is 10.5. The summed E-state index contributed by atoms with van der Waals surface area (Å²) in [6.07, 6.45) is -4.32. The summed E-state index contributed by atoms with van der Waals surface area (Å²) in [7, 11) is -4.29. The second-order valence-electron chi connectivity index (χ2n) is 5.81. The van der Waals surface area contributed by atoms with E-state index in [0.717, 1.165) is 0 Å². The number of aliphatic hydroxyl groups is 1. The van der Waals surface area contributed by atoms with Gasteiger partial charge in [-0.05, 0) is 37.1 Å². The summed E-state index contributed by atoms with van der Waals surface area (Å²) in [5.74, 6) is -3.86. The van der Waals surface area contributed by atoms with Crippen LogP contribution >= 0.6 is 19.4 Å². The van der Waals surface area contributed by atoms with Crippen molar-refractivity contribution in [3.8, 4) is 0 Å². The maximum Gasteiger partial charge on any atom is 0.475 e. The minimum absolute atomic E-state index is 0.0140. The summed E-state index contributed by atoms with van der Waals surface area (Å²) < 4.78 is 58.6. The smallest absolute Gasteiger partial charge is 0.382 e. The molecule has 2 rings (SSSR count). The molecule has 2 aromatic carbocycles. The van der Waals surface area contributed by atoms with E-state index in [0.29, 0.717) is 5.02 Å². The lowest BCUT2D eigenvalue weighted by atomic mass is 9.95. The van der Waals surface area contributed by atoms with E-state index >= 15 is 8.78 Å². The standard InChI is InChI=1S/C19H22ClF2O5P/c1-3-25-28(24,26-4-2)27-18(15-8-6-5-7-9-15)19(21,22)17(23)14-10-12-16(20)13-11-14/h5-13,17-18,23H,3-4H2,1-2H3/t17-,18-/m1/s1. The van der Waals surface area contributed by atoms with Gasteiger partial charge >= 0.3 is 13.7 Å². The molecule has 0 aliphatic heterocycles. The summed E-state index contributed by atoms with van der Waals surface area (Å²) in [6, 6.07) is 12.8. The highest BCUT2D eigenvalue weighted by atomic mass is 35.5. The van der Waals surface area contributed by atoms with Crippen LogP contribution in [0.1, 0.15) is 37.2 Å². The van der Waals surface area contributed by atoms with Crippen molar-refractivity contribution in [1.82, 2.24) is 0 Å². The zero-order valence-corrected chi connectivity index (χ0v) is 17.1. The molecule has 0 fully saturated rings. The van der Waals surface area contributed by atoms with Gasteiger partial charge in [-0.15, -0.1) is 0 Å². The molecule has 0 heterocycles. The molecule has 0 spiro atoms. The molecule has 0 bridgehead atoms. The number of phosphoric acid groups is 1. The van der Waals surface area contributed by atoms with E-state index in [2.05, 4.69) is 0 Å². The molecule has 1 N–H and O–H groups in total. The molecule has 0 saturated carbocycles. The van der Waals surface area contributed by atoms with Crippen LogP contribution in [0.15, 0.2) is 54.6 Å². The van der Waals surface area contributed by atoms with Crippen LogP contribution in [0.4, 0.5) is 8.78 Å². The molecule has 0 unspecified atom stereocenters. The lowest BCUT2D eigenvalue weighted by Gasteiger charge is -2.32. The number of hydrogen-bond donors (Lipinski definition) is 1. The van der Waals surface area contributed by atoms with Crippen molar-refractivity contribution in [3.63, 3.8) is 0 Å². The number of alkyl halides is 2. The fourth-order valence-corrected chi connectivity index (χ4v) is 4.01. The largest absolute Gasteiger partial charge is 0.475 e. The summed E-state index contributed by atoms with van der Waals surface area (Å²) in [5.41, 5.74) is -0.0540. The fourth-order valence-electron chi connectivity index (χ4n) is 2.54. The number of phosphoric ester groups is 1. The number of aliphatic hydroxyl groups excluding tert-OH is 1. The third-order valence-electron chi connectivity index (χ3n) is 3.81. The highest BCUT2D eigenvalue weighted by Gasteiger charge is 2.52. The number of benzene rings is 2. The molecule has 5 nitrogen and oxygen atoms in total. The summed E-state index contributed by atoms with van der Waals surface area (Å²) in [5, 5.41) is 10.7. The van der Waals surface area contributed by atoms with Gasteiger partial charge in [0.1, 0.15) is 6.10 Å². The Morgan fingerprint density at radius 2 is 1.54 bits per heavy atom. The Labute approximate surface area is 167 Å². The molecule has 2 aromatic rings. The van der Waals surface area contributed by atoms with Crippen molar-refractivity contribution in [2.45, 2.75) is 32.0 Å². The Morgan fingerprint density at radius 1 is 1.00 bits per heavy atom. The number of halogens is 3. The Hall–Kier alpha value is -1.34. The molecular weight excluding hydrogens is 413 g/mol. The van der Waals surface area contributed by atoms with Gasteiger partial charge in [0.2, 0.25) is 0 Å². The van der Waals surface area contributed by atoms with Crippen LogP contribution in [-0.4, -0.2) is 24.2 Å². The Bertz CT molecular complexity index is 779. The molecule has 0 radical (unpaired) electrons. The van der Waals surface area contributed by atoms with Crippen molar-refractivity contribution in [1.29, 1.82) is 0 Å². The maximum atomic E-state index is 15.3. The van der Waals surface area contributed by atoms with Crippen molar-refractivity contribution in [3.05, 3.63) is 70.7 Å². The molecule has 2 atom stereocenters. The molecule has 0 aliphatic carbocycles. The lowest BCUT2D eigenvalue weighted by molar-refractivity contribution is -0.179. The summed E-state index contributed by atoms with van der Waals surface area (Å²) in [4.78, 5) is 0. The predicted molar refractivity (Wildman–Crippen MR) is 102 cm³/mol. The number of hydrogen-bond acceptors (Lipinski definition) is 5. The molecule has 154 valence electrons. The van der Waals surface area contributed by atoms with Gasteiger partial charge in [0, 0.05) is 5.02 Å². The van der Waals surface area contributed by atoms with Gasteiger partial charge < -0.3 is 5.11 Å². The van der Waals surface area contributed by atoms with E-state index in [-0.39, 0.29) is 24.3 Å². The van der Waals surface area contributed by atoms with Gasteiger partial charge in [0.15, 0.2) is 6.10 Å². The summed E-state index contributed by atoms with van der Waals surface area (Å²) in [6.45, 7) is 2.94. The minimum Gasteiger partial charge on any atom is -0.382 e. The summed E-state index contributed by atoms with van der Waals surface area (Å²) >= 11 is 5.78. The van der Waals surface area contributed by atoms with Crippen molar-refractivity contribution < 1.29 is 32.0 Å². The van der Waals surface area contributed by atoms with E-state index in [1.54, 1.807) is 6.07 Å². The zero-order chi connectivity index (χ0) is 20.8. The van der Waals surface area contributed by atoms with Crippen LogP contribution in [-0.2, 0) is 18.1 Å². The third kappa shape index (κ3) is 5.60. The van der Waals surface area contributed by atoms with Crippen molar-refractivity contribution in [2.24, 2.45) is 0 Å². The van der Waals surface area contributed by atoms with Gasteiger partial charge in [-0.1, -0.05) is 54.1 Å². The van der Waals surface area contributed by atoms with E-state index in [4.69, 9.17) is 25.2 Å². The van der Waals surface area contributed by atoms with Gasteiger partial charge in [-0.25, -0.2) is 13.3 Å². The molecule has 0 aliphatic rings. The first kappa shape index (κ1) is 22.9. The average Bonchev–Trinajstić information content (AvgIpc) is 2.67. The van der Waals surface area contributed by atoms with Crippen molar-refractivity contribution in [2.75, 3.05) is 13.2 Å². The van der Waals surface area contributed by atoms with Crippen LogP contribution in [0.25, 0.3) is 0 Å². The van der Waals surface area contributed by atoms with E-state index in [1.807, 2.05) is 0 Å². The highest BCUT2D eigenvalue weighted by molar-refractivity contribution is 7.48. The molecule has 9 heteroatoms. The Balaban J connectivity index is 2.45. The van der Waals surface area contributed by atoms with Crippen molar-refractivity contribution >= 4 is 19.4 Å². The maximum absolute atomic E-state index is 15.3. The Morgan fingerprint density at radius 3 is 2.04 bits per heavy atom. The lowest BCUT2D eigenvalue weighted by Crippen LogP contribution is -2.35. The zero-order valence-electron chi connectivity index (χ0n) is 15.4. The second-order valence-corrected chi connectivity index (χ2v) is 7.87. The topological polar surface area (TPSA) is 65.0 Å². The molecule has 28 heavy (non-hydrogen) atoms. The van der Waals surface area contributed by atoms with Crippen LogP contribution in [0.5, 0.6) is 0 Å². The Kier molecular flexibility index (Phi) is 8.13. The van der Waals surface area contributed by atoms with Crippen LogP contribution in [0, 0.1) is 0 Å². The minimum atomic E-state index is -4.29. The van der Waals surface area contributed by atoms with Crippen LogP contribution in [0.3, 0.4) is 0 Å². The highest BCUT2D eigenvalue weighted by Crippen LogP contribution is 2.57. The monoisotopic (exact) mass is 434 g/mol. The first-order chi connectivity index (χ1) is 13.2. The van der Waals surface area contributed by atoms with Gasteiger partial charge in [0.05, 0.1) is 13.2 Å².